The number of aliphatic carboxylic acids is 1. The van der Waals surface area contributed by atoms with Crippen molar-refractivity contribution in [2.24, 2.45) is 5.92 Å². The number of aliphatic hydroxyl groups is 1. The Labute approximate surface area is 96.9 Å². The lowest BCUT2D eigenvalue weighted by Gasteiger charge is -2.10. The van der Waals surface area contributed by atoms with Crippen molar-refractivity contribution < 1.29 is 15.0 Å². The van der Waals surface area contributed by atoms with Crippen LogP contribution < -0.4 is 0 Å². The predicted molar refractivity (Wildman–Crippen MR) is 60.6 cm³/mol. The molecular formula is C11H13BrO3. The SMILES string of the molecule is CC(Cc1ccc(Br)cc1CO)C(=O)O. The van der Waals surface area contributed by atoms with Crippen LogP contribution in [0.1, 0.15) is 18.1 Å². The van der Waals surface area contributed by atoms with E-state index in [9.17, 15) is 4.79 Å². The van der Waals surface area contributed by atoms with Crippen molar-refractivity contribution in [3.05, 3.63) is 33.8 Å². The molecule has 82 valence electrons. The third-order valence-electron chi connectivity index (χ3n) is 2.29. The van der Waals surface area contributed by atoms with E-state index in [0.29, 0.717) is 6.42 Å². The van der Waals surface area contributed by atoms with Gasteiger partial charge in [0.25, 0.3) is 0 Å². The minimum absolute atomic E-state index is 0.0683. The van der Waals surface area contributed by atoms with E-state index in [4.69, 9.17) is 10.2 Å². The van der Waals surface area contributed by atoms with Gasteiger partial charge in [0.2, 0.25) is 0 Å². The van der Waals surface area contributed by atoms with Crippen LogP contribution in [-0.2, 0) is 17.8 Å². The summed E-state index contributed by atoms with van der Waals surface area (Å²) in [4.78, 5) is 10.7. The first kappa shape index (κ1) is 12.2. The van der Waals surface area contributed by atoms with Gasteiger partial charge in [-0.1, -0.05) is 28.9 Å². The molecule has 1 rings (SSSR count). The van der Waals surface area contributed by atoms with Gasteiger partial charge >= 0.3 is 5.97 Å². The van der Waals surface area contributed by atoms with Crippen LogP contribution in [0.25, 0.3) is 0 Å². The molecule has 2 N–H and O–H groups in total. The van der Waals surface area contributed by atoms with Crippen LogP contribution in [0.4, 0.5) is 0 Å². The van der Waals surface area contributed by atoms with Gasteiger partial charge in [-0.3, -0.25) is 4.79 Å². The van der Waals surface area contributed by atoms with Crippen LogP contribution in [0.15, 0.2) is 22.7 Å². The van der Waals surface area contributed by atoms with Crippen molar-refractivity contribution in [2.45, 2.75) is 20.0 Å². The Morgan fingerprint density at radius 1 is 1.47 bits per heavy atom. The summed E-state index contributed by atoms with van der Waals surface area (Å²) >= 11 is 3.30. The second-order valence-corrected chi connectivity index (χ2v) is 4.43. The highest BCUT2D eigenvalue weighted by Crippen LogP contribution is 2.19. The number of hydrogen-bond acceptors (Lipinski definition) is 2. The van der Waals surface area contributed by atoms with Crippen LogP contribution in [0.5, 0.6) is 0 Å². The summed E-state index contributed by atoms with van der Waals surface area (Å²) in [6.07, 6.45) is 0.443. The molecule has 1 aromatic rings. The fourth-order valence-corrected chi connectivity index (χ4v) is 1.77. The molecule has 0 bridgehead atoms. The van der Waals surface area contributed by atoms with Gasteiger partial charge in [0, 0.05) is 4.47 Å². The zero-order chi connectivity index (χ0) is 11.4. The Bertz CT molecular complexity index is 363. The molecule has 0 fully saturated rings. The molecule has 0 aliphatic rings. The summed E-state index contributed by atoms with van der Waals surface area (Å²) in [5.74, 6) is -1.25. The second-order valence-electron chi connectivity index (χ2n) is 3.51. The van der Waals surface area contributed by atoms with E-state index in [1.807, 2.05) is 18.2 Å². The highest BCUT2D eigenvalue weighted by molar-refractivity contribution is 9.10. The average Bonchev–Trinajstić information content (AvgIpc) is 2.20. The lowest BCUT2D eigenvalue weighted by molar-refractivity contribution is -0.141. The highest BCUT2D eigenvalue weighted by Gasteiger charge is 2.13. The number of carboxylic acid groups (broad SMARTS) is 1. The Morgan fingerprint density at radius 2 is 2.13 bits per heavy atom. The molecule has 0 aliphatic heterocycles. The fourth-order valence-electron chi connectivity index (χ4n) is 1.36. The Morgan fingerprint density at radius 3 is 2.67 bits per heavy atom. The van der Waals surface area contributed by atoms with Crippen molar-refractivity contribution in [3.63, 3.8) is 0 Å². The molecule has 0 aliphatic carbocycles. The molecule has 0 radical (unpaired) electrons. The summed E-state index contributed by atoms with van der Waals surface area (Å²) in [7, 11) is 0. The van der Waals surface area contributed by atoms with E-state index in [1.54, 1.807) is 6.92 Å². The first-order valence-electron chi connectivity index (χ1n) is 4.65. The number of carboxylic acids is 1. The molecule has 4 heteroatoms. The van der Waals surface area contributed by atoms with E-state index in [-0.39, 0.29) is 6.61 Å². The van der Waals surface area contributed by atoms with E-state index in [1.165, 1.54) is 0 Å². The molecule has 3 nitrogen and oxygen atoms in total. The monoisotopic (exact) mass is 272 g/mol. The fraction of sp³-hybridized carbons (Fsp3) is 0.364. The average molecular weight is 273 g/mol. The van der Waals surface area contributed by atoms with Gasteiger partial charge in [-0.05, 0) is 29.7 Å². The van der Waals surface area contributed by atoms with Crippen molar-refractivity contribution >= 4 is 21.9 Å². The smallest absolute Gasteiger partial charge is 0.306 e. The van der Waals surface area contributed by atoms with E-state index in [0.717, 1.165) is 15.6 Å². The quantitative estimate of drug-likeness (QED) is 0.884. The van der Waals surface area contributed by atoms with Gasteiger partial charge in [-0.2, -0.15) is 0 Å². The molecule has 0 heterocycles. The topological polar surface area (TPSA) is 57.5 Å². The number of carbonyl (C=O) groups is 1. The van der Waals surface area contributed by atoms with Crippen molar-refractivity contribution in [1.82, 2.24) is 0 Å². The molecule has 1 atom stereocenters. The van der Waals surface area contributed by atoms with Gasteiger partial charge in [0.05, 0.1) is 12.5 Å². The summed E-state index contributed by atoms with van der Waals surface area (Å²) < 4.78 is 0.887. The Balaban J connectivity index is 2.89. The molecule has 0 amide bonds. The third-order valence-corrected chi connectivity index (χ3v) is 2.78. The number of halogens is 1. The molecule has 0 saturated heterocycles. The van der Waals surface area contributed by atoms with E-state index in [2.05, 4.69) is 15.9 Å². The minimum Gasteiger partial charge on any atom is -0.481 e. The van der Waals surface area contributed by atoms with Gasteiger partial charge in [-0.25, -0.2) is 0 Å². The lowest BCUT2D eigenvalue weighted by Crippen LogP contribution is -2.13. The summed E-state index contributed by atoms with van der Waals surface area (Å²) in [6.45, 7) is 1.59. The number of hydrogen-bond donors (Lipinski definition) is 2. The standard InChI is InChI=1S/C11H13BrO3/c1-7(11(14)15)4-8-2-3-10(12)5-9(8)6-13/h2-3,5,7,13H,4,6H2,1H3,(H,14,15). The maximum atomic E-state index is 10.7. The number of rotatable bonds is 4. The van der Waals surface area contributed by atoms with Crippen LogP contribution in [0, 0.1) is 5.92 Å². The van der Waals surface area contributed by atoms with Crippen LogP contribution in [-0.4, -0.2) is 16.2 Å². The van der Waals surface area contributed by atoms with Gasteiger partial charge in [0.15, 0.2) is 0 Å². The van der Waals surface area contributed by atoms with Crippen molar-refractivity contribution in [1.29, 1.82) is 0 Å². The van der Waals surface area contributed by atoms with Gasteiger partial charge in [0.1, 0.15) is 0 Å². The van der Waals surface area contributed by atoms with Gasteiger partial charge in [-0.15, -0.1) is 0 Å². The molecule has 0 aromatic heterocycles. The van der Waals surface area contributed by atoms with E-state index >= 15 is 0 Å². The Kier molecular flexibility index (Phi) is 4.29. The maximum absolute atomic E-state index is 10.7. The molecule has 1 aromatic carbocycles. The zero-order valence-electron chi connectivity index (χ0n) is 8.40. The Hall–Kier alpha value is -0.870. The van der Waals surface area contributed by atoms with Crippen molar-refractivity contribution in [3.8, 4) is 0 Å². The lowest BCUT2D eigenvalue weighted by atomic mass is 9.97. The minimum atomic E-state index is -0.818. The van der Waals surface area contributed by atoms with E-state index < -0.39 is 11.9 Å². The summed E-state index contributed by atoms with van der Waals surface area (Å²) in [5, 5.41) is 17.9. The first-order valence-corrected chi connectivity index (χ1v) is 5.45. The number of benzene rings is 1. The number of aliphatic hydroxyl groups excluding tert-OH is 1. The predicted octanol–water partition coefficient (Wildman–Crippen LogP) is 2.20. The maximum Gasteiger partial charge on any atom is 0.306 e. The van der Waals surface area contributed by atoms with Crippen LogP contribution in [0.3, 0.4) is 0 Å². The van der Waals surface area contributed by atoms with Crippen molar-refractivity contribution in [2.75, 3.05) is 0 Å². The largest absolute Gasteiger partial charge is 0.481 e. The summed E-state index contributed by atoms with van der Waals surface area (Å²) in [6, 6.07) is 5.50. The van der Waals surface area contributed by atoms with Crippen LogP contribution >= 0.6 is 15.9 Å². The molecule has 0 saturated carbocycles. The highest BCUT2D eigenvalue weighted by atomic mass is 79.9. The molecule has 0 spiro atoms. The summed E-state index contributed by atoms with van der Waals surface area (Å²) in [5.41, 5.74) is 1.66. The van der Waals surface area contributed by atoms with Crippen LogP contribution in [0.2, 0.25) is 0 Å². The first-order chi connectivity index (χ1) is 7.04. The normalized spacial score (nSPS) is 12.5. The zero-order valence-corrected chi connectivity index (χ0v) is 9.99. The third kappa shape index (κ3) is 3.32. The molecule has 15 heavy (non-hydrogen) atoms. The molecule has 1 unspecified atom stereocenters. The second kappa shape index (κ2) is 5.28. The molecular weight excluding hydrogens is 260 g/mol. The van der Waals surface area contributed by atoms with Gasteiger partial charge < -0.3 is 10.2 Å².